The molecule has 0 bridgehead atoms. The molecular weight excluding hydrogens is 333 g/mol. The van der Waals surface area contributed by atoms with Gasteiger partial charge in [0.05, 0.1) is 32.9 Å². The third kappa shape index (κ3) is 3.28. The lowest BCUT2D eigenvalue weighted by atomic mass is 10.4. The van der Waals surface area contributed by atoms with Crippen LogP contribution < -0.4 is 0 Å². The van der Waals surface area contributed by atoms with Crippen LogP contribution in [0.15, 0.2) is 29.0 Å². The second-order valence-electron chi connectivity index (χ2n) is 4.63. The van der Waals surface area contributed by atoms with E-state index in [1.54, 1.807) is 28.9 Å². The van der Waals surface area contributed by atoms with Gasteiger partial charge < -0.3 is 8.92 Å². The average Bonchev–Trinajstić information content (AvgIpc) is 2.95. The highest BCUT2D eigenvalue weighted by Crippen LogP contribution is 2.22. The number of pyridine rings is 1. The monoisotopic (exact) mass is 343 g/mol. The summed E-state index contributed by atoms with van der Waals surface area (Å²) >= 11 is 12.0. The van der Waals surface area contributed by atoms with Crippen molar-refractivity contribution in [1.82, 2.24) is 14.5 Å². The molecule has 1 atom stereocenters. The molecule has 0 amide bonds. The van der Waals surface area contributed by atoms with E-state index in [-0.39, 0.29) is 0 Å². The summed E-state index contributed by atoms with van der Waals surface area (Å²) in [6, 6.07) is 3.40. The molecule has 0 saturated carbocycles. The topological polar surface area (TPSA) is 60.4 Å². The summed E-state index contributed by atoms with van der Waals surface area (Å²) in [7, 11) is -1.13. The standard InChI is InChI=1S/C13H11Cl2N3O2S/c1-8-2-11(20-17-8)7-21(19)6-10-5-18-4-9(14)3-12(15)13(18)16-10/h2-5H,6-7H2,1H3/t21-/m0/s1. The summed E-state index contributed by atoms with van der Waals surface area (Å²) < 4.78 is 18.9. The van der Waals surface area contributed by atoms with Crippen molar-refractivity contribution in [3.63, 3.8) is 0 Å². The van der Waals surface area contributed by atoms with Gasteiger partial charge in [-0.05, 0) is 13.0 Å². The van der Waals surface area contributed by atoms with Crippen molar-refractivity contribution in [2.75, 3.05) is 0 Å². The van der Waals surface area contributed by atoms with Crippen molar-refractivity contribution in [3.8, 4) is 0 Å². The number of hydrogen-bond acceptors (Lipinski definition) is 4. The van der Waals surface area contributed by atoms with Crippen molar-refractivity contribution in [2.24, 2.45) is 0 Å². The van der Waals surface area contributed by atoms with Crippen LogP contribution in [0.5, 0.6) is 0 Å². The molecular formula is C13H11Cl2N3O2S. The van der Waals surface area contributed by atoms with Gasteiger partial charge in [-0.15, -0.1) is 0 Å². The van der Waals surface area contributed by atoms with Crippen LogP contribution in [0.3, 0.4) is 0 Å². The van der Waals surface area contributed by atoms with Crippen molar-refractivity contribution >= 4 is 39.6 Å². The number of imidazole rings is 1. The predicted molar refractivity (Wildman–Crippen MR) is 82.0 cm³/mol. The molecule has 0 fully saturated rings. The fraction of sp³-hybridized carbons (Fsp3) is 0.231. The number of nitrogens with zero attached hydrogens (tertiary/aromatic N) is 3. The van der Waals surface area contributed by atoms with E-state index in [2.05, 4.69) is 10.1 Å². The molecule has 3 rings (SSSR count). The second-order valence-corrected chi connectivity index (χ2v) is 6.93. The quantitative estimate of drug-likeness (QED) is 0.728. The van der Waals surface area contributed by atoms with E-state index in [0.29, 0.717) is 38.7 Å². The zero-order valence-corrected chi connectivity index (χ0v) is 13.4. The summed E-state index contributed by atoms with van der Waals surface area (Å²) in [4.78, 5) is 4.37. The van der Waals surface area contributed by atoms with Gasteiger partial charge in [0.15, 0.2) is 5.65 Å². The van der Waals surface area contributed by atoms with Gasteiger partial charge in [-0.1, -0.05) is 28.4 Å². The molecule has 0 aromatic carbocycles. The van der Waals surface area contributed by atoms with E-state index in [1.165, 1.54) is 0 Å². The van der Waals surface area contributed by atoms with Gasteiger partial charge in [0.25, 0.3) is 0 Å². The molecule has 0 saturated heterocycles. The number of fused-ring (bicyclic) bond motifs is 1. The number of aromatic nitrogens is 3. The maximum atomic E-state index is 12.1. The first-order chi connectivity index (χ1) is 10.0. The number of halogens is 2. The van der Waals surface area contributed by atoms with E-state index in [1.807, 2.05) is 6.92 Å². The molecule has 21 heavy (non-hydrogen) atoms. The van der Waals surface area contributed by atoms with Crippen LogP contribution in [0.2, 0.25) is 10.0 Å². The van der Waals surface area contributed by atoms with Gasteiger partial charge in [-0.2, -0.15) is 0 Å². The average molecular weight is 344 g/mol. The maximum Gasteiger partial charge on any atom is 0.155 e. The fourth-order valence-electron chi connectivity index (χ4n) is 2.00. The molecule has 0 N–H and O–H groups in total. The Bertz CT molecular complexity index is 828. The summed E-state index contributed by atoms with van der Waals surface area (Å²) in [5, 5.41) is 4.76. The van der Waals surface area contributed by atoms with Gasteiger partial charge in [0.1, 0.15) is 5.76 Å². The SMILES string of the molecule is Cc1cc(C[S@@](=O)Cc2cn3cc(Cl)cc(Cl)c3n2)on1. The molecule has 0 aliphatic carbocycles. The normalized spacial score (nSPS) is 12.9. The van der Waals surface area contributed by atoms with E-state index >= 15 is 0 Å². The zero-order chi connectivity index (χ0) is 15.0. The minimum Gasteiger partial charge on any atom is -0.360 e. The Hall–Kier alpha value is -1.37. The van der Waals surface area contributed by atoms with Crippen molar-refractivity contribution in [1.29, 1.82) is 0 Å². The first-order valence-corrected chi connectivity index (χ1v) is 8.35. The van der Waals surface area contributed by atoms with Crippen molar-refractivity contribution in [2.45, 2.75) is 18.4 Å². The van der Waals surface area contributed by atoms with Crippen molar-refractivity contribution < 1.29 is 8.73 Å². The van der Waals surface area contributed by atoms with E-state index in [4.69, 9.17) is 27.7 Å². The molecule has 5 nitrogen and oxygen atoms in total. The lowest BCUT2D eigenvalue weighted by Crippen LogP contribution is -1.98. The minimum atomic E-state index is -1.13. The van der Waals surface area contributed by atoms with Gasteiger partial charge in [0.2, 0.25) is 0 Å². The van der Waals surface area contributed by atoms with Gasteiger partial charge in [0, 0.05) is 29.3 Å². The largest absolute Gasteiger partial charge is 0.360 e. The van der Waals surface area contributed by atoms with E-state index in [0.717, 1.165) is 5.69 Å². The molecule has 3 aromatic rings. The third-order valence-electron chi connectivity index (χ3n) is 2.81. The van der Waals surface area contributed by atoms with Crippen LogP contribution in [-0.2, 0) is 22.3 Å². The Balaban J connectivity index is 1.78. The van der Waals surface area contributed by atoms with Crippen LogP contribution in [0.4, 0.5) is 0 Å². The summed E-state index contributed by atoms with van der Waals surface area (Å²) in [6.45, 7) is 1.82. The van der Waals surface area contributed by atoms with Gasteiger partial charge >= 0.3 is 0 Å². The molecule has 3 aromatic heterocycles. The Morgan fingerprint density at radius 3 is 2.81 bits per heavy atom. The summed E-state index contributed by atoms with van der Waals surface area (Å²) in [5.74, 6) is 1.23. The minimum absolute atomic E-state index is 0.309. The Labute approximate surface area is 133 Å². The highest BCUT2D eigenvalue weighted by atomic mass is 35.5. The Morgan fingerprint density at radius 1 is 1.29 bits per heavy atom. The summed E-state index contributed by atoms with van der Waals surface area (Å²) in [5.41, 5.74) is 2.06. The van der Waals surface area contributed by atoms with Crippen molar-refractivity contribution in [3.05, 3.63) is 51.7 Å². The van der Waals surface area contributed by atoms with Crippen LogP contribution in [0.25, 0.3) is 5.65 Å². The smallest absolute Gasteiger partial charge is 0.155 e. The van der Waals surface area contributed by atoms with Crippen LogP contribution in [0.1, 0.15) is 17.1 Å². The molecule has 110 valence electrons. The third-order valence-corrected chi connectivity index (χ3v) is 4.52. The first-order valence-electron chi connectivity index (χ1n) is 6.11. The fourth-order valence-corrected chi connectivity index (χ4v) is 3.56. The number of hydrogen-bond donors (Lipinski definition) is 0. The van der Waals surface area contributed by atoms with E-state index in [9.17, 15) is 4.21 Å². The number of aryl methyl sites for hydroxylation is 1. The lowest BCUT2D eigenvalue weighted by Gasteiger charge is -1.95. The molecule has 8 heteroatoms. The Kier molecular flexibility index (Phi) is 4.01. The molecule has 0 aliphatic heterocycles. The molecule has 0 unspecified atom stereocenters. The molecule has 3 heterocycles. The zero-order valence-electron chi connectivity index (χ0n) is 11.0. The second kappa shape index (κ2) is 5.79. The molecule has 0 aliphatic rings. The van der Waals surface area contributed by atoms with Crippen LogP contribution in [-0.4, -0.2) is 18.8 Å². The van der Waals surface area contributed by atoms with Crippen LogP contribution >= 0.6 is 23.2 Å². The highest BCUT2D eigenvalue weighted by molar-refractivity contribution is 7.83. The van der Waals surface area contributed by atoms with E-state index < -0.39 is 10.8 Å². The first kappa shape index (κ1) is 14.6. The predicted octanol–water partition coefficient (Wildman–Crippen LogP) is 3.39. The number of rotatable bonds is 4. The maximum absolute atomic E-state index is 12.1. The molecule has 0 radical (unpaired) electrons. The lowest BCUT2D eigenvalue weighted by molar-refractivity contribution is 0.390. The summed E-state index contributed by atoms with van der Waals surface area (Å²) in [6.07, 6.45) is 3.48. The molecule has 0 spiro atoms. The van der Waals surface area contributed by atoms with Gasteiger partial charge in [-0.3, -0.25) is 4.21 Å². The van der Waals surface area contributed by atoms with Gasteiger partial charge in [-0.25, -0.2) is 4.98 Å². The highest BCUT2D eigenvalue weighted by Gasteiger charge is 2.12. The Morgan fingerprint density at radius 2 is 2.10 bits per heavy atom. The van der Waals surface area contributed by atoms with Crippen LogP contribution in [0, 0.1) is 6.92 Å².